The van der Waals surface area contributed by atoms with Gasteiger partial charge in [0.25, 0.3) is 0 Å². The van der Waals surface area contributed by atoms with Gasteiger partial charge in [-0.05, 0) is 57.7 Å². The average Bonchev–Trinajstić information content (AvgIpc) is 2.71. The van der Waals surface area contributed by atoms with Gasteiger partial charge in [0.1, 0.15) is 6.10 Å². The molecule has 0 aliphatic carbocycles. The largest absolute Gasteiger partial charge is 0.383 e. The van der Waals surface area contributed by atoms with E-state index >= 15 is 0 Å². The minimum atomic E-state index is -0.496. The zero-order valence-electron chi connectivity index (χ0n) is 8.45. The maximum Gasteiger partial charge on any atom is 0.115 e. The Kier molecular flexibility index (Phi) is 3.30. The van der Waals surface area contributed by atoms with Crippen LogP contribution in [-0.2, 0) is 0 Å². The Morgan fingerprint density at radius 1 is 1.33 bits per heavy atom. The van der Waals surface area contributed by atoms with E-state index in [2.05, 4.69) is 21.3 Å². The molecule has 0 aliphatic rings. The van der Waals surface area contributed by atoms with Gasteiger partial charge in [0.05, 0.1) is 4.88 Å². The van der Waals surface area contributed by atoms with Gasteiger partial charge >= 0.3 is 0 Å². The zero-order chi connectivity index (χ0) is 11.0. The third kappa shape index (κ3) is 2.18. The summed E-state index contributed by atoms with van der Waals surface area (Å²) in [5, 5.41) is 14.3. The first-order chi connectivity index (χ1) is 7.09. The monoisotopic (exact) mass is 302 g/mol. The molecule has 4 heteroatoms. The van der Waals surface area contributed by atoms with Crippen molar-refractivity contribution in [2.45, 2.75) is 20.0 Å². The highest BCUT2D eigenvalue weighted by molar-refractivity contribution is 9.10. The Morgan fingerprint density at radius 2 is 2.07 bits per heavy atom. The van der Waals surface area contributed by atoms with E-state index in [0.717, 1.165) is 20.5 Å². The number of halogens is 1. The highest BCUT2D eigenvalue weighted by Gasteiger charge is 2.18. The first-order valence-electron chi connectivity index (χ1n) is 4.56. The van der Waals surface area contributed by atoms with Gasteiger partial charge in [-0.2, -0.15) is 11.3 Å². The van der Waals surface area contributed by atoms with Crippen molar-refractivity contribution < 1.29 is 5.11 Å². The lowest BCUT2D eigenvalue weighted by molar-refractivity contribution is 0.223. The van der Waals surface area contributed by atoms with Gasteiger partial charge in [-0.25, -0.2) is 0 Å². The van der Waals surface area contributed by atoms with Crippen LogP contribution in [0.5, 0.6) is 0 Å². The highest BCUT2D eigenvalue weighted by Crippen LogP contribution is 2.37. The Balaban J connectivity index is 2.40. The molecule has 2 aromatic rings. The van der Waals surface area contributed by atoms with E-state index in [1.54, 1.807) is 22.7 Å². The summed E-state index contributed by atoms with van der Waals surface area (Å²) in [6, 6.07) is 2.05. The van der Waals surface area contributed by atoms with Crippen LogP contribution in [0.1, 0.15) is 27.0 Å². The standard InChI is InChI=1S/C11H11BrOS2/c1-6-4-14-5-8(6)10(13)11-9(12)3-7(2)15-11/h3-5,10,13H,1-2H3. The number of aliphatic hydroxyl groups excluding tert-OH is 1. The third-order valence-corrected chi connectivity index (χ3v) is 5.18. The molecule has 80 valence electrons. The summed E-state index contributed by atoms with van der Waals surface area (Å²) in [6.45, 7) is 4.08. The molecular formula is C11H11BrOS2. The Morgan fingerprint density at radius 3 is 2.53 bits per heavy atom. The average molecular weight is 303 g/mol. The fourth-order valence-electron chi connectivity index (χ4n) is 1.48. The predicted octanol–water partition coefficient (Wildman–Crippen LogP) is 4.27. The van der Waals surface area contributed by atoms with E-state index in [1.807, 2.05) is 25.3 Å². The summed E-state index contributed by atoms with van der Waals surface area (Å²) >= 11 is 6.75. The Bertz CT molecular complexity index is 473. The molecule has 2 aromatic heterocycles. The molecule has 2 heterocycles. The van der Waals surface area contributed by atoms with E-state index in [0.29, 0.717) is 0 Å². The van der Waals surface area contributed by atoms with Crippen LogP contribution in [0.3, 0.4) is 0 Å². The van der Waals surface area contributed by atoms with Crippen molar-refractivity contribution in [2.75, 3.05) is 0 Å². The quantitative estimate of drug-likeness (QED) is 0.878. The molecule has 15 heavy (non-hydrogen) atoms. The van der Waals surface area contributed by atoms with Crippen molar-refractivity contribution in [2.24, 2.45) is 0 Å². The van der Waals surface area contributed by atoms with Crippen LogP contribution in [0.15, 0.2) is 21.3 Å². The summed E-state index contributed by atoms with van der Waals surface area (Å²) in [4.78, 5) is 2.21. The minimum Gasteiger partial charge on any atom is -0.383 e. The topological polar surface area (TPSA) is 20.2 Å². The van der Waals surface area contributed by atoms with Crippen LogP contribution in [-0.4, -0.2) is 5.11 Å². The molecule has 0 amide bonds. The maximum atomic E-state index is 10.2. The molecule has 0 saturated carbocycles. The van der Waals surface area contributed by atoms with E-state index in [-0.39, 0.29) is 0 Å². The van der Waals surface area contributed by atoms with Gasteiger partial charge in [-0.3, -0.25) is 0 Å². The van der Waals surface area contributed by atoms with Crippen LogP contribution >= 0.6 is 38.6 Å². The third-order valence-electron chi connectivity index (χ3n) is 2.27. The van der Waals surface area contributed by atoms with E-state index in [9.17, 15) is 5.11 Å². The van der Waals surface area contributed by atoms with E-state index < -0.39 is 6.10 Å². The normalized spacial score (nSPS) is 13.1. The fourth-order valence-corrected chi connectivity index (χ4v) is 4.22. The van der Waals surface area contributed by atoms with Crippen molar-refractivity contribution in [1.29, 1.82) is 0 Å². The van der Waals surface area contributed by atoms with Crippen molar-refractivity contribution >= 4 is 38.6 Å². The van der Waals surface area contributed by atoms with Crippen LogP contribution < -0.4 is 0 Å². The number of aliphatic hydroxyl groups is 1. The predicted molar refractivity (Wildman–Crippen MR) is 69.9 cm³/mol. The zero-order valence-corrected chi connectivity index (χ0v) is 11.7. The lowest BCUT2D eigenvalue weighted by Crippen LogP contribution is -1.97. The van der Waals surface area contributed by atoms with Crippen LogP contribution in [0.25, 0.3) is 0 Å². The summed E-state index contributed by atoms with van der Waals surface area (Å²) in [7, 11) is 0. The molecule has 0 saturated heterocycles. The molecule has 0 spiro atoms. The second kappa shape index (κ2) is 4.37. The number of thiophene rings is 2. The van der Waals surface area contributed by atoms with Gasteiger partial charge in [0, 0.05) is 9.35 Å². The molecule has 0 aromatic carbocycles. The Hall–Kier alpha value is -0.160. The first-order valence-corrected chi connectivity index (χ1v) is 7.11. The molecular weight excluding hydrogens is 292 g/mol. The molecule has 1 nitrogen and oxygen atoms in total. The van der Waals surface area contributed by atoms with Gasteiger partial charge in [-0.15, -0.1) is 11.3 Å². The second-order valence-corrected chi connectivity index (χ2v) is 6.37. The molecule has 0 radical (unpaired) electrons. The summed E-state index contributed by atoms with van der Waals surface area (Å²) in [6.07, 6.45) is -0.496. The van der Waals surface area contributed by atoms with Crippen molar-refractivity contribution in [3.63, 3.8) is 0 Å². The molecule has 2 rings (SSSR count). The molecule has 0 aliphatic heterocycles. The summed E-state index contributed by atoms with van der Waals surface area (Å²) in [5.74, 6) is 0. The van der Waals surface area contributed by atoms with Gasteiger partial charge in [-0.1, -0.05) is 0 Å². The molecule has 0 bridgehead atoms. The lowest BCUT2D eigenvalue weighted by Gasteiger charge is -2.08. The number of aryl methyl sites for hydroxylation is 2. The van der Waals surface area contributed by atoms with Gasteiger partial charge in [0.15, 0.2) is 0 Å². The highest BCUT2D eigenvalue weighted by atomic mass is 79.9. The van der Waals surface area contributed by atoms with Crippen LogP contribution in [0.4, 0.5) is 0 Å². The van der Waals surface area contributed by atoms with Gasteiger partial charge < -0.3 is 5.11 Å². The number of hydrogen-bond acceptors (Lipinski definition) is 3. The maximum absolute atomic E-state index is 10.2. The molecule has 1 N–H and O–H groups in total. The van der Waals surface area contributed by atoms with Crippen LogP contribution in [0, 0.1) is 13.8 Å². The van der Waals surface area contributed by atoms with Crippen LogP contribution in [0.2, 0.25) is 0 Å². The number of rotatable bonds is 2. The van der Waals surface area contributed by atoms with E-state index in [1.165, 1.54) is 4.88 Å². The fraction of sp³-hybridized carbons (Fsp3) is 0.273. The summed E-state index contributed by atoms with van der Waals surface area (Å²) < 4.78 is 1.00. The van der Waals surface area contributed by atoms with Crippen molar-refractivity contribution in [3.8, 4) is 0 Å². The lowest BCUT2D eigenvalue weighted by atomic mass is 10.1. The van der Waals surface area contributed by atoms with Crippen molar-refractivity contribution in [1.82, 2.24) is 0 Å². The number of hydrogen-bond donors (Lipinski definition) is 1. The molecule has 1 atom stereocenters. The molecule has 1 unspecified atom stereocenters. The van der Waals surface area contributed by atoms with Gasteiger partial charge in [0.2, 0.25) is 0 Å². The smallest absolute Gasteiger partial charge is 0.115 e. The Labute approximate surface area is 106 Å². The van der Waals surface area contributed by atoms with E-state index in [4.69, 9.17) is 0 Å². The van der Waals surface area contributed by atoms with Crippen molar-refractivity contribution in [3.05, 3.63) is 42.2 Å². The summed E-state index contributed by atoms with van der Waals surface area (Å²) in [5.41, 5.74) is 2.17. The SMILES string of the molecule is Cc1cc(Br)c(C(O)c2cscc2C)s1. The second-order valence-electron chi connectivity index (χ2n) is 3.48. The minimum absolute atomic E-state index is 0.496. The first kappa shape index (κ1) is 11.3. The molecule has 0 fully saturated rings.